The molecule has 0 aliphatic heterocycles. The van der Waals surface area contributed by atoms with E-state index in [4.69, 9.17) is 5.73 Å². The molecule has 0 amide bonds. The number of hydrogen-bond donors (Lipinski definition) is 2. The molecule has 4 rings (SSSR count). The second-order valence-electron chi connectivity index (χ2n) is 7.10. The first-order valence-corrected chi connectivity index (χ1v) is 9.07. The third kappa shape index (κ3) is 2.94. The molecule has 1 saturated carbocycles. The van der Waals surface area contributed by atoms with Crippen molar-refractivity contribution in [1.82, 2.24) is 4.98 Å². The van der Waals surface area contributed by atoms with E-state index >= 15 is 0 Å². The van der Waals surface area contributed by atoms with E-state index in [0.717, 1.165) is 23.6 Å². The molecule has 1 heterocycles. The first-order chi connectivity index (χ1) is 12.2. The van der Waals surface area contributed by atoms with Gasteiger partial charge in [-0.05, 0) is 53.0 Å². The highest BCUT2D eigenvalue weighted by Crippen LogP contribution is 2.37. The van der Waals surface area contributed by atoms with E-state index in [2.05, 4.69) is 41.4 Å². The molecule has 2 aromatic carbocycles. The van der Waals surface area contributed by atoms with Gasteiger partial charge in [0.05, 0.1) is 0 Å². The zero-order chi connectivity index (χ0) is 17.3. The lowest BCUT2D eigenvalue weighted by molar-refractivity contribution is 0.300. The van der Waals surface area contributed by atoms with Crippen LogP contribution in [-0.4, -0.2) is 16.7 Å². The first kappa shape index (κ1) is 16.2. The van der Waals surface area contributed by atoms with Crippen molar-refractivity contribution in [2.24, 2.45) is 5.73 Å². The molecule has 25 heavy (non-hydrogen) atoms. The van der Waals surface area contributed by atoms with E-state index in [-0.39, 0.29) is 12.1 Å². The molecule has 0 spiro atoms. The average molecular weight is 332 g/mol. The van der Waals surface area contributed by atoms with Crippen LogP contribution in [0.2, 0.25) is 0 Å². The van der Waals surface area contributed by atoms with E-state index in [0.29, 0.717) is 6.42 Å². The van der Waals surface area contributed by atoms with Crippen LogP contribution in [0.3, 0.4) is 0 Å². The van der Waals surface area contributed by atoms with Crippen LogP contribution in [0, 0.1) is 0 Å². The quantitative estimate of drug-likeness (QED) is 0.754. The van der Waals surface area contributed by atoms with Crippen LogP contribution in [-0.2, 0) is 12.0 Å². The SMILES string of the molecule is NC1(c2ccc(-c3ccc4cnccc4c3CCO)cc2)CCCC1. The fourth-order valence-electron chi connectivity index (χ4n) is 4.16. The molecule has 3 heteroatoms. The zero-order valence-corrected chi connectivity index (χ0v) is 14.4. The second kappa shape index (κ2) is 6.58. The number of nitrogens with two attached hydrogens (primary N) is 1. The Bertz CT molecular complexity index is 880. The van der Waals surface area contributed by atoms with Crippen LogP contribution in [0.4, 0.5) is 0 Å². The Morgan fingerprint density at radius 3 is 2.48 bits per heavy atom. The second-order valence-corrected chi connectivity index (χ2v) is 7.10. The molecule has 3 N–H and O–H groups in total. The maximum absolute atomic E-state index is 9.54. The molecular weight excluding hydrogens is 308 g/mol. The van der Waals surface area contributed by atoms with Gasteiger partial charge in [-0.1, -0.05) is 49.2 Å². The molecule has 3 aromatic rings. The minimum atomic E-state index is -0.151. The summed E-state index contributed by atoms with van der Waals surface area (Å²) < 4.78 is 0. The summed E-state index contributed by atoms with van der Waals surface area (Å²) in [5.41, 5.74) is 11.2. The van der Waals surface area contributed by atoms with Gasteiger partial charge in [-0.3, -0.25) is 4.98 Å². The smallest absolute Gasteiger partial charge is 0.0471 e. The predicted octanol–water partition coefficient (Wildman–Crippen LogP) is 4.16. The Morgan fingerprint density at radius 1 is 1.00 bits per heavy atom. The molecule has 3 nitrogen and oxygen atoms in total. The number of aliphatic hydroxyl groups is 1. The summed E-state index contributed by atoms with van der Waals surface area (Å²) in [4.78, 5) is 4.20. The van der Waals surface area contributed by atoms with Crippen molar-refractivity contribution >= 4 is 10.8 Å². The molecule has 0 saturated heterocycles. The van der Waals surface area contributed by atoms with Crippen molar-refractivity contribution in [2.45, 2.75) is 37.6 Å². The van der Waals surface area contributed by atoms with Gasteiger partial charge >= 0.3 is 0 Å². The average Bonchev–Trinajstić information content (AvgIpc) is 3.10. The summed E-state index contributed by atoms with van der Waals surface area (Å²) in [7, 11) is 0. The van der Waals surface area contributed by atoms with E-state index in [1.54, 1.807) is 0 Å². The number of aromatic nitrogens is 1. The normalized spacial score (nSPS) is 16.4. The number of benzene rings is 2. The number of nitrogens with zero attached hydrogens (tertiary/aromatic N) is 1. The Morgan fingerprint density at radius 2 is 1.76 bits per heavy atom. The summed E-state index contributed by atoms with van der Waals surface area (Å²) in [5.74, 6) is 0. The van der Waals surface area contributed by atoms with Gasteiger partial charge in [0.2, 0.25) is 0 Å². The molecule has 0 atom stereocenters. The monoisotopic (exact) mass is 332 g/mol. The number of fused-ring (bicyclic) bond motifs is 1. The number of rotatable bonds is 4. The minimum Gasteiger partial charge on any atom is -0.396 e. The number of pyridine rings is 1. The van der Waals surface area contributed by atoms with Gasteiger partial charge < -0.3 is 10.8 Å². The molecule has 1 aliphatic carbocycles. The molecule has 1 aliphatic rings. The van der Waals surface area contributed by atoms with Gasteiger partial charge in [-0.25, -0.2) is 0 Å². The summed E-state index contributed by atoms with van der Waals surface area (Å²) in [6.07, 6.45) is 8.92. The fraction of sp³-hybridized carbons (Fsp3) is 0.318. The van der Waals surface area contributed by atoms with Crippen molar-refractivity contribution in [3.05, 3.63) is 66.0 Å². The lowest BCUT2D eigenvalue weighted by Crippen LogP contribution is -2.32. The van der Waals surface area contributed by atoms with Gasteiger partial charge in [0.25, 0.3) is 0 Å². The largest absolute Gasteiger partial charge is 0.396 e. The maximum Gasteiger partial charge on any atom is 0.0471 e. The van der Waals surface area contributed by atoms with Crippen LogP contribution in [0.5, 0.6) is 0 Å². The predicted molar refractivity (Wildman–Crippen MR) is 102 cm³/mol. The Kier molecular flexibility index (Phi) is 4.28. The van der Waals surface area contributed by atoms with Gasteiger partial charge in [0.15, 0.2) is 0 Å². The Labute approximate surface area is 148 Å². The zero-order valence-electron chi connectivity index (χ0n) is 14.4. The van der Waals surface area contributed by atoms with Crippen LogP contribution in [0.1, 0.15) is 36.8 Å². The standard InChI is InChI=1S/C22H24N2O/c23-22(11-1-2-12-22)18-6-3-16(4-7-18)19-8-5-17-15-24-13-9-20(17)21(19)10-14-25/h3-9,13,15,25H,1-2,10-12,14,23H2. The van der Waals surface area contributed by atoms with Crippen molar-refractivity contribution in [3.8, 4) is 11.1 Å². The van der Waals surface area contributed by atoms with Crippen LogP contribution in [0.25, 0.3) is 21.9 Å². The van der Waals surface area contributed by atoms with Gasteiger partial charge in [-0.2, -0.15) is 0 Å². The highest BCUT2D eigenvalue weighted by atomic mass is 16.2. The third-order valence-corrected chi connectivity index (χ3v) is 5.56. The summed E-state index contributed by atoms with van der Waals surface area (Å²) in [6.45, 7) is 0.137. The van der Waals surface area contributed by atoms with E-state index in [1.165, 1.54) is 35.1 Å². The summed E-state index contributed by atoms with van der Waals surface area (Å²) >= 11 is 0. The Hall–Kier alpha value is -2.23. The van der Waals surface area contributed by atoms with Gasteiger partial charge in [0.1, 0.15) is 0 Å². The molecule has 0 bridgehead atoms. The van der Waals surface area contributed by atoms with Crippen molar-refractivity contribution in [1.29, 1.82) is 0 Å². The van der Waals surface area contributed by atoms with E-state index < -0.39 is 0 Å². The van der Waals surface area contributed by atoms with Crippen molar-refractivity contribution in [3.63, 3.8) is 0 Å². The molecule has 1 fully saturated rings. The van der Waals surface area contributed by atoms with Gasteiger partial charge in [0, 0.05) is 29.9 Å². The summed E-state index contributed by atoms with van der Waals surface area (Å²) in [5, 5.41) is 11.8. The molecule has 1 aromatic heterocycles. The van der Waals surface area contributed by atoms with Crippen molar-refractivity contribution < 1.29 is 5.11 Å². The highest BCUT2D eigenvalue weighted by Gasteiger charge is 2.30. The maximum atomic E-state index is 9.54. The van der Waals surface area contributed by atoms with Gasteiger partial charge in [-0.15, -0.1) is 0 Å². The number of aliphatic hydroxyl groups excluding tert-OH is 1. The first-order valence-electron chi connectivity index (χ1n) is 9.07. The third-order valence-electron chi connectivity index (χ3n) is 5.56. The van der Waals surface area contributed by atoms with Crippen molar-refractivity contribution in [2.75, 3.05) is 6.61 Å². The molecule has 0 radical (unpaired) electrons. The van der Waals surface area contributed by atoms with Crippen LogP contribution < -0.4 is 5.73 Å². The lowest BCUT2D eigenvalue weighted by Gasteiger charge is -2.24. The van der Waals surface area contributed by atoms with E-state index in [1.807, 2.05) is 18.5 Å². The highest BCUT2D eigenvalue weighted by molar-refractivity contribution is 5.91. The topological polar surface area (TPSA) is 59.1 Å². The Balaban J connectivity index is 1.77. The van der Waals surface area contributed by atoms with E-state index in [9.17, 15) is 5.11 Å². The fourth-order valence-corrected chi connectivity index (χ4v) is 4.16. The minimum absolute atomic E-state index is 0.137. The summed E-state index contributed by atoms with van der Waals surface area (Å²) in [6, 6.07) is 15.0. The van der Waals surface area contributed by atoms with Crippen LogP contribution in [0.15, 0.2) is 54.9 Å². The lowest BCUT2D eigenvalue weighted by atomic mass is 9.87. The molecule has 0 unspecified atom stereocenters. The molecule has 128 valence electrons. The van der Waals surface area contributed by atoms with Crippen LogP contribution >= 0.6 is 0 Å². The molecular formula is C22H24N2O. The number of hydrogen-bond acceptors (Lipinski definition) is 3.